The quantitative estimate of drug-likeness (QED) is 0.381. The van der Waals surface area contributed by atoms with Gasteiger partial charge in [0.15, 0.2) is 0 Å². The van der Waals surface area contributed by atoms with E-state index in [0.717, 1.165) is 45.5 Å². The van der Waals surface area contributed by atoms with Crippen molar-refractivity contribution in [3.8, 4) is 11.3 Å². The topological polar surface area (TPSA) is 38.9 Å². The second-order valence-electron chi connectivity index (χ2n) is 7.27. The Morgan fingerprint density at radius 2 is 1.85 bits per heavy atom. The van der Waals surface area contributed by atoms with Crippen LogP contribution in [0.1, 0.15) is 43.9 Å². The first-order valence-electron chi connectivity index (χ1n) is 9.62. The van der Waals surface area contributed by atoms with Gasteiger partial charge in [-0.3, -0.25) is 0 Å². The lowest BCUT2D eigenvalue weighted by atomic mass is 9.90. The minimum atomic E-state index is -0.0756. The first-order chi connectivity index (χ1) is 13.0. The highest BCUT2D eigenvalue weighted by atomic mass is 32.1. The van der Waals surface area contributed by atoms with Crippen LogP contribution in [0.2, 0.25) is 0 Å². The Labute approximate surface area is 167 Å². The standard InChI is InChI=1S/C24H28N2S/c1-4-5-6-7-17(3)24(25)21-15-23(18-9-11-19(27)12-10-18)26-22-13-8-16(2)14-20(21)22/h6-15,17,24,27H,4-5,25H2,1-3H3/b7-6-. The SMILES string of the molecule is CCC/C=C\C(C)C(N)c1cc(-c2ccc(S)cc2)nc2ccc(C)cc12. The molecular weight excluding hydrogens is 348 g/mol. The maximum atomic E-state index is 6.72. The highest BCUT2D eigenvalue weighted by Crippen LogP contribution is 2.32. The van der Waals surface area contributed by atoms with Crippen molar-refractivity contribution in [3.05, 3.63) is 71.8 Å². The summed E-state index contributed by atoms with van der Waals surface area (Å²) in [6.45, 7) is 6.49. The Bertz CT molecular complexity index is 945. The fourth-order valence-electron chi connectivity index (χ4n) is 3.30. The normalized spacial score (nSPS) is 14.0. The fourth-order valence-corrected chi connectivity index (χ4v) is 3.45. The molecule has 0 amide bonds. The van der Waals surface area contributed by atoms with Crippen molar-refractivity contribution in [2.24, 2.45) is 11.7 Å². The number of nitrogens with zero attached hydrogens (tertiary/aromatic N) is 1. The van der Waals surface area contributed by atoms with Crippen LogP contribution in [0.3, 0.4) is 0 Å². The molecule has 27 heavy (non-hydrogen) atoms. The van der Waals surface area contributed by atoms with Crippen molar-refractivity contribution in [2.75, 3.05) is 0 Å². The molecule has 0 spiro atoms. The van der Waals surface area contributed by atoms with E-state index in [4.69, 9.17) is 10.7 Å². The molecule has 0 saturated heterocycles. The van der Waals surface area contributed by atoms with Gasteiger partial charge in [-0.25, -0.2) is 4.98 Å². The number of hydrogen-bond acceptors (Lipinski definition) is 3. The van der Waals surface area contributed by atoms with Crippen LogP contribution in [-0.4, -0.2) is 4.98 Å². The summed E-state index contributed by atoms with van der Waals surface area (Å²) in [5, 5.41) is 1.15. The summed E-state index contributed by atoms with van der Waals surface area (Å²) < 4.78 is 0. The van der Waals surface area contributed by atoms with Gasteiger partial charge in [0.1, 0.15) is 0 Å². The number of fused-ring (bicyclic) bond motifs is 1. The molecule has 0 fully saturated rings. The summed E-state index contributed by atoms with van der Waals surface area (Å²) in [5.74, 6) is 0.260. The number of nitrogens with two attached hydrogens (primary N) is 1. The van der Waals surface area contributed by atoms with Crippen LogP contribution in [0.4, 0.5) is 0 Å². The second-order valence-corrected chi connectivity index (χ2v) is 7.78. The lowest BCUT2D eigenvalue weighted by Gasteiger charge is -2.20. The van der Waals surface area contributed by atoms with Crippen molar-refractivity contribution in [2.45, 2.75) is 44.6 Å². The Kier molecular flexibility index (Phi) is 6.35. The van der Waals surface area contributed by atoms with E-state index < -0.39 is 0 Å². The molecular formula is C24H28N2S. The molecule has 1 heterocycles. The molecule has 0 aliphatic heterocycles. The van der Waals surface area contributed by atoms with Crippen molar-refractivity contribution in [1.82, 2.24) is 4.98 Å². The fraction of sp³-hybridized carbons (Fsp3) is 0.292. The molecule has 0 bridgehead atoms. The molecule has 2 unspecified atom stereocenters. The lowest BCUT2D eigenvalue weighted by Crippen LogP contribution is -2.18. The molecule has 3 aromatic rings. The van der Waals surface area contributed by atoms with E-state index in [9.17, 15) is 0 Å². The van der Waals surface area contributed by atoms with E-state index >= 15 is 0 Å². The third kappa shape index (κ3) is 4.60. The summed E-state index contributed by atoms with van der Waals surface area (Å²) in [6, 6.07) is 16.6. The Hall–Kier alpha value is -2.10. The van der Waals surface area contributed by atoms with Gasteiger partial charge in [-0.1, -0.05) is 56.2 Å². The van der Waals surface area contributed by atoms with Crippen LogP contribution in [-0.2, 0) is 0 Å². The van der Waals surface area contributed by atoms with Crippen LogP contribution in [0, 0.1) is 12.8 Å². The summed E-state index contributed by atoms with van der Waals surface area (Å²) in [4.78, 5) is 5.84. The maximum absolute atomic E-state index is 6.72. The van der Waals surface area contributed by atoms with E-state index in [1.807, 2.05) is 12.1 Å². The highest BCUT2D eigenvalue weighted by Gasteiger charge is 2.18. The first kappa shape index (κ1) is 19.7. The molecule has 2 nitrogen and oxygen atoms in total. The van der Waals surface area contributed by atoms with Crippen LogP contribution < -0.4 is 5.73 Å². The average molecular weight is 377 g/mol. The van der Waals surface area contributed by atoms with E-state index in [-0.39, 0.29) is 12.0 Å². The predicted octanol–water partition coefficient (Wildman–Crippen LogP) is 6.49. The largest absolute Gasteiger partial charge is 0.323 e. The Morgan fingerprint density at radius 1 is 1.11 bits per heavy atom. The van der Waals surface area contributed by atoms with Gasteiger partial charge >= 0.3 is 0 Å². The van der Waals surface area contributed by atoms with Crippen LogP contribution in [0.15, 0.2) is 65.6 Å². The van der Waals surface area contributed by atoms with Crippen LogP contribution in [0.25, 0.3) is 22.2 Å². The smallest absolute Gasteiger partial charge is 0.0713 e. The number of benzene rings is 2. The van der Waals surface area contributed by atoms with Gasteiger partial charge in [-0.05, 0) is 55.2 Å². The van der Waals surface area contributed by atoms with Gasteiger partial charge in [-0.2, -0.15) is 0 Å². The molecule has 3 rings (SSSR count). The Balaban J connectivity index is 2.10. The summed E-state index contributed by atoms with van der Waals surface area (Å²) in [6.07, 6.45) is 6.73. The number of rotatable bonds is 6. The molecule has 2 aromatic carbocycles. The number of allylic oxidation sites excluding steroid dienone is 1. The van der Waals surface area contributed by atoms with Crippen molar-refractivity contribution in [3.63, 3.8) is 0 Å². The third-order valence-corrected chi connectivity index (χ3v) is 5.28. The lowest BCUT2D eigenvalue weighted by molar-refractivity contribution is 0.568. The number of unbranched alkanes of at least 4 members (excludes halogenated alkanes) is 1. The molecule has 0 saturated carbocycles. The molecule has 3 heteroatoms. The van der Waals surface area contributed by atoms with Crippen molar-refractivity contribution >= 4 is 23.5 Å². The van der Waals surface area contributed by atoms with Crippen molar-refractivity contribution < 1.29 is 0 Å². The number of aryl methyl sites for hydroxylation is 1. The van der Waals surface area contributed by atoms with Gasteiger partial charge in [0, 0.05) is 21.9 Å². The minimum absolute atomic E-state index is 0.0756. The van der Waals surface area contributed by atoms with E-state index in [2.05, 4.69) is 82.0 Å². The Morgan fingerprint density at radius 3 is 2.56 bits per heavy atom. The molecule has 140 valence electrons. The summed E-state index contributed by atoms with van der Waals surface area (Å²) in [5.41, 5.74) is 12.1. The molecule has 0 aliphatic rings. The second kappa shape index (κ2) is 8.73. The average Bonchev–Trinajstić information content (AvgIpc) is 2.67. The van der Waals surface area contributed by atoms with Gasteiger partial charge in [-0.15, -0.1) is 12.6 Å². The van der Waals surface area contributed by atoms with Crippen molar-refractivity contribution in [1.29, 1.82) is 0 Å². The molecule has 1 aromatic heterocycles. The van der Waals surface area contributed by atoms with E-state index in [0.29, 0.717) is 0 Å². The van der Waals surface area contributed by atoms with Crippen LogP contribution >= 0.6 is 12.6 Å². The molecule has 2 N–H and O–H groups in total. The molecule has 0 aliphatic carbocycles. The van der Waals surface area contributed by atoms with Gasteiger partial charge < -0.3 is 5.73 Å². The van der Waals surface area contributed by atoms with Gasteiger partial charge in [0.2, 0.25) is 0 Å². The number of thiol groups is 1. The number of aromatic nitrogens is 1. The van der Waals surface area contributed by atoms with Gasteiger partial charge in [0.05, 0.1) is 11.2 Å². The number of pyridine rings is 1. The van der Waals surface area contributed by atoms with E-state index in [1.165, 1.54) is 5.56 Å². The zero-order valence-corrected chi connectivity index (χ0v) is 17.2. The number of hydrogen-bond donors (Lipinski definition) is 2. The zero-order chi connectivity index (χ0) is 19.4. The van der Waals surface area contributed by atoms with Crippen LogP contribution in [0.5, 0.6) is 0 Å². The molecule has 0 radical (unpaired) electrons. The predicted molar refractivity (Wildman–Crippen MR) is 119 cm³/mol. The highest BCUT2D eigenvalue weighted by molar-refractivity contribution is 7.80. The summed E-state index contributed by atoms with van der Waals surface area (Å²) in [7, 11) is 0. The third-order valence-electron chi connectivity index (χ3n) is 4.98. The first-order valence-corrected chi connectivity index (χ1v) is 10.1. The maximum Gasteiger partial charge on any atom is 0.0713 e. The van der Waals surface area contributed by atoms with E-state index in [1.54, 1.807) is 0 Å². The molecule has 2 atom stereocenters. The minimum Gasteiger partial charge on any atom is -0.323 e. The zero-order valence-electron chi connectivity index (χ0n) is 16.3. The summed E-state index contributed by atoms with van der Waals surface area (Å²) >= 11 is 4.39. The monoisotopic (exact) mass is 376 g/mol. The van der Waals surface area contributed by atoms with Gasteiger partial charge in [0.25, 0.3) is 0 Å².